The largest absolute Gasteiger partial charge is 0.468 e. The van der Waals surface area contributed by atoms with E-state index in [1.807, 2.05) is 0 Å². The number of ether oxygens (including phenoxy) is 1. The first-order chi connectivity index (χ1) is 6.84. The number of ketones is 1. The number of esters is 1. The molecule has 1 rings (SSSR count). The van der Waals surface area contributed by atoms with Crippen molar-refractivity contribution in [3.8, 4) is 0 Å². The summed E-state index contributed by atoms with van der Waals surface area (Å²) in [6.07, 6.45) is 1.46. The summed E-state index contributed by atoms with van der Waals surface area (Å²) >= 11 is 0. The minimum Gasteiger partial charge on any atom is -0.468 e. The molecular formula is C11H16O4. The number of rotatable bonds is 2. The second kappa shape index (κ2) is 3.77. The van der Waals surface area contributed by atoms with Crippen molar-refractivity contribution in [2.75, 3.05) is 7.11 Å². The second-order valence-electron chi connectivity index (χ2n) is 4.19. The quantitative estimate of drug-likeness (QED) is 0.540. The molecule has 0 aromatic rings. The van der Waals surface area contributed by atoms with Gasteiger partial charge in [-0.05, 0) is 24.5 Å². The van der Waals surface area contributed by atoms with Crippen molar-refractivity contribution < 1.29 is 19.4 Å². The lowest BCUT2D eigenvalue weighted by Gasteiger charge is -2.30. The van der Waals surface area contributed by atoms with E-state index in [4.69, 9.17) is 0 Å². The summed E-state index contributed by atoms with van der Waals surface area (Å²) in [7, 11) is 1.21. The highest BCUT2D eigenvalue weighted by atomic mass is 16.5. The van der Waals surface area contributed by atoms with Crippen LogP contribution in [0.2, 0.25) is 0 Å². The normalized spacial score (nSPS) is 30.7. The maximum absolute atomic E-state index is 11.7. The Hall–Kier alpha value is -1.16. The number of hydrogen-bond acceptors (Lipinski definition) is 4. The van der Waals surface area contributed by atoms with Crippen molar-refractivity contribution in [1.29, 1.82) is 0 Å². The highest BCUT2D eigenvalue weighted by molar-refractivity contribution is 6.11. The minimum absolute atomic E-state index is 0.219. The third-order valence-corrected chi connectivity index (χ3v) is 2.92. The van der Waals surface area contributed by atoms with Gasteiger partial charge in [-0.15, -0.1) is 0 Å². The van der Waals surface area contributed by atoms with E-state index in [9.17, 15) is 14.7 Å². The number of hydrogen-bond donors (Lipinski definition) is 1. The third kappa shape index (κ3) is 1.69. The molecule has 0 aromatic carbocycles. The molecule has 0 aromatic heterocycles. The van der Waals surface area contributed by atoms with Gasteiger partial charge < -0.3 is 9.84 Å². The van der Waals surface area contributed by atoms with E-state index in [1.54, 1.807) is 20.8 Å². The predicted octanol–water partition coefficient (Wildman–Crippen LogP) is 0.692. The van der Waals surface area contributed by atoms with E-state index in [-0.39, 0.29) is 11.7 Å². The standard InChI is InChI=1S/C11H16O4/c1-6(2)11(14)5-7(3)9(12)8(11)10(13)15-4/h5-6,8,14H,1-4H3/t8-,11+/m1/s1. The molecule has 4 nitrogen and oxygen atoms in total. The highest BCUT2D eigenvalue weighted by Crippen LogP contribution is 2.37. The summed E-state index contributed by atoms with van der Waals surface area (Å²) in [5.74, 6) is -2.35. The van der Waals surface area contributed by atoms with Crippen LogP contribution in [0.25, 0.3) is 0 Å². The van der Waals surface area contributed by atoms with Gasteiger partial charge in [-0.1, -0.05) is 13.8 Å². The van der Waals surface area contributed by atoms with Crippen molar-refractivity contribution in [3.63, 3.8) is 0 Å². The summed E-state index contributed by atoms with van der Waals surface area (Å²) in [5, 5.41) is 10.3. The van der Waals surface area contributed by atoms with Gasteiger partial charge in [0.05, 0.1) is 7.11 Å². The van der Waals surface area contributed by atoms with Crippen LogP contribution in [0.15, 0.2) is 11.6 Å². The fraction of sp³-hybridized carbons (Fsp3) is 0.636. The van der Waals surface area contributed by atoms with Crippen LogP contribution in [-0.2, 0) is 14.3 Å². The molecule has 0 heterocycles. The third-order valence-electron chi connectivity index (χ3n) is 2.92. The van der Waals surface area contributed by atoms with Gasteiger partial charge in [-0.3, -0.25) is 9.59 Å². The lowest BCUT2D eigenvalue weighted by molar-refractivity contribution is -0.157. The molecule has 1 aliphatic carbocycles. The number of carbonyl (C=O) groups excluding carboxylic acids is 2. The van der Waals surface area contributed by atoms with Crippen LogP contribution in [0.4, 0.5) is 0 Å². The number of aliphatic hydroxyl groups is 1. The van der Waals surface area contributed by atoms with Crippen LogP contribution in [0, 0.1) is 11.8 Å². The van der Waals surface area contributed by atoms with Crippen molar-refractivity contribution in [2.45, 2.75) is 26.4 Å². The minimum atomic E-state index is -1.41. The van der Waals surface area contributed by atoms with Crippen molar-refractivity contribution in [1.82, 2.24) is 0 Å². The molecule has 2 atom stereocenters. The molecule has 15 heavy (non-hydrogen) atoms. The molecule has 1 N–H and O–H groups in total. The van der Waals surface area contributed by atoms with Gasteiger partial charge in [0.2, 0.25) is 0 Å². The molecule has 4 heteroatoms. The molecule has 0 radical (unpaired) electrons. The van der Waals surface area contributed by atoms with Crippen LogP contribution in [0.1, 0.15) is 20.8 Å². The van der Waals surface area contributed by atoms with Gasteiger partial charge in [-0.2, -0.15) is 0 Å². The monoisotopic (exact) mass is 212 g/mol. The zero-order chi connectivity index (χ0) is 11.8. The molecule has 0 aliphatic heterocycles. The maximum Gasteiger partial charge on any atom is 0.319 e. The lowest BCUT2D eigenvalue weighted by Crippen LogP contribution is -2.45. The Morgan fingerprint density at radius 2 is 2.13 bits per heavy atom. The Morgan fingerprint density at radius 3 is 2.53 bits per heavy atom. The molecular weight excluding hydrogens is 196 g/mol. The number of allylic oxidation sites excluding steroid dienone is 1. The summed E-state index contributed by atoms with van der Waals surface area (Å²) in [5.41, 5.74) is -0.990. The van der Waals surface area contributed by atoms with E-state index in [1.165, 1.54) is 13.2 Å². The molecule has 0 amide bonds. The Balaban J connectivity index is 3.15. The zero-order valence-corrected chi connectivity index (χ0v) is 9.40. The lowest BCUT2D eigenvalue weighted by atomic mass is 9.81. The zero-order valence-electron chi connectivity index (χ0n) is 9.40. The van der Waals surface area contributed by atoms with Gasteiger partial charge >= 0.3 is 5.97 Å². The molecule has 0 fully saturated rings. The number of methoxy groups -OCH3 is 1. The first-order valence-corrected chi connectivity index (χ1v) is 4.88. The Labute approximate surface area is 88.9 Å². The van der Waals surface area contributed by atoms with Crippen molar-refractivity contribution >= 4 is 11.8 Å². The van der Waals surface area contributed by atoms with Crippen LogP contribution < -0.4 is 0 Å². The smallest absolute Gasteiger partial charge is 0.319 e. The van der Waals surface area contributed by atoms with E-state index in [2.05, 4.69) is 4.74 Å². The molecule has 0 unspecified atom stereocenters. The molecule has 0 bridgehead atoms. The average Bonchev–Trinajstić information content (AvgIpc) is 2.38. The Morgan fingerprint density at radius 1 is 1.60 bits per heavy atom. The van der Waals surface area contributed by atoms with Crippen LogP contribution in [0.3, 0.4) is 0 Å². The van der Waals surface area contributed by atoms with Gasteiger partial charge in [0.15, 0.2) is 11.7 Å². The fourth-order valence-corrected chi connectivity index (χ4v) is 1.85. The van der Waals surface area contributed by atoms with Crippen LogP contribution >= 0.6 is 0 Å². The summed E-state index contributed by atoms with van der Waals surface area (Å²) in [4.78, 5) is 23.2. The van der Waals surface area contributed by atoms with E-state index >= 15 is 0 Å². The first-order valence-electron chi connectivity index (χ1n) is 4.88. The van der Waals surface area contributed by atoms with Crippen LogP contribution in [0.5, 0.6) is 0 Å². The predicted molar refractivity (Wildman–Crippen MR) is 54.1 cm³/mol. The Kier molecular flexibility index (Phi) is 3.00. The highest BCUT2D eigenvalue weighted by Gasteiger charge is 2.52. The number of Topliss-reactive ketones (excluding diaryl/α,β-unsaturated/α-hetero) is 1. The van der Waals surface area contributed by atoms with Gasteiger partial charge in [-0.25, -0.2) is 0 Å². The van der Waals surface area contributed by atoms with E-state index in [0.717, 1.165) is 0 Å². The Bertz CT molecular complexity index is 329. The molecule has 84 valence electrons. The van der Waals surface area contributed by atoms with Crippen LogP contribution in [-0.4, -0.2) is 29.6 Å². The van der Waals surface area contributed by atoms with E-state index < -0.39 is 17.5 Å². The molecule has 0 spiro atoms. The fourth-order valence-electron chi connectivity index (χ4n) is 1.85. The van der Waals surface area contributed by atoms with Crippen molar-refractivity contribution in [2.24, 2.45) is 11.8 Å². The SMILES string of the molecule is COC(=O)[C@H]1C(=O)C(C)=C[C@]1(O)C(C)C. The van der Waals surface area contributed by atoms with Gasteiger partial charge in [0.25, 0.3) is 0 Å². The van der Waals surface area contributed by atoms with E-state index in [0.29, 0.717) is 5.57 Å². The molecule has 0 saturated carbocycles. The summed E-state index contributed by atoms with van der Waals surface area (Å²) in [6.45, 7) is 5.12. The molecule has 1 aliphatic rings. The molecule has 0 saturated heterocycles. The van der Waals surface area contributed by atoms with Gasteiger partial charge in [0.1, 0.15) is 5.60 Å². The number of carbonyl (C=O) groups is 2. The van der Waals surface area contributed by atoms with Crippen molar-refractivity contribution in [3.05, 3.63) is 11.6 Å². The maximum atomic E-state index is 11.7. The average molecular weight is 212 g/mol. The second-order valence-corrected chi connectivity index (χ2v) is 4.19. The summed E-state index contributed by atoms with van der Waals surface area (Å²) < 4.78 is 4.55. The first kappa shape index (κ1) is 11.9. The van der Waals surface area contributed by atoms with Gasteiger partial charge in [0, 0.05) is 0 Å². The summed E-state index contributed by atoms with van der Waals surface area (Å²) in [6, 6.07) is 0. The topological polar surface area (TPSA) is 63.6 Å².